The summed E-state index contributed by atoms with van der Waals surface area (Å²) < 4.78 is 18.5. The van der Waals surface area contributed by atoms with Crippen molar-refractivity contribution in [2.24, 2.45) is 0 Å². The van der Waals surface area contributed by atoms with Crippen LogP contribution in [0.5, 0.6) is 0 Å². The van der Waals surface area contributed by atoms with Crippen LogP contribution >= 0.6 is 0 Å². The fourth-order valence-electron chi connectivity index (χ4n) is 2.12. The van der Waals surface area contributed by atoms with E-state index in [0.717, 1.165) is 0 Å². The number of hydrogen-bond acceptors (Lipinski definition) is 3. The topological polar surface area (TPSA) is 46.3 Å². The molecule has 0 unspecified atom stereocenters. The van der Waals surface area contributed by atoms with Gasteiger partial charge in [0.15, 0.2) is 5.76 Å². The summed E-state index contributed by atoms with van der Waals surface area (Å²) in [4.78, 5) is 18.2. The van der Waals surface area contributed by atoms with Crippen molar-refractivity contribution in [1.82, 2.24) is 4.98 Å². The van der Waals surface area contributed by atoms with Gasteiger partial charge in [-0.2, -0.15) is 0 Å². The highest BCUT2D eigenvalue weighted by Crippen LogP contribution is 2.18. The number of anilines is 1. The van der Waals surface area contributed by atoms with Crippen LogP contribution in [0.25, 0.3) is 0 Å². The predicted molar refractivity (Wildman–Crippen MR) is 79.9 cm³/mol. The third-order valence-electron chi connectivity index (χ3n) is 3.13. The summed E-state index contributed by atoms with van der Waals surface area (Å²) in [5, 5.41) is 0. The van der Waals surface area contributed by atoms with Crippen LogP contribution < -0.4 is 4.90 Å². The maximum atomic E-state index is 13.4. The number of amides is 1. The molecule has 22 heavy (non-hydrogen) atoms. The molecule has 5 heteroatoms. The van der Waals surface area contributed by atoms with Gasteiger partial charge in [0.25, 0.3) is 5.91 Å². The number of benzene rings is 1. The van der Waals surface area contributed by atoms with Gasteiger partial charge in [-0.15, -0.1) is 0 Å². The summed E-state index contributed by atoms with van der Waals surface area (Å²) >= 11 is 0. The number of aromatic nitrogens is 1. The Labute approximate surface area is 126 Å². The van der Waals surface area contributed by atoms with Crippen LogP contribution in [0.1, 0.15) is 16.1 Å². The highest BCUT2D eigenvalue weighted by molar-refractivity contribution is 6.03. The van der Waals surface area contributed by atoms with E-state index in [0.29, 0.717) is 11.4 Å². The Balaban J connectivity index is 1.94. The average molecular weight is 296 g/mol. The molecule has 1 amide bonds. The molecule has 0 aliphatic carbocycles. The molecule has 0 saturated carbocycles. The number of hydrogen-bond donors (Lipinski definition) is 0. The molecular formula is C17H13FN2O2. The van der Waals surface area contributed by atoms with Gasteiger partial charge in [-0.3, -0.25) is 9.69 Å². The van der Waals surface area contributed by atoms with Crippen molar-refractivity contribution >= 4 is 11.7 Å². The molecule has 0 N–H and O–H groups in total. The van der Waals surface area contributed by atoms with Crippen LogP contribution in [-0.2, 0) is 6.54 Å². The SMILES string of the molecule is O=C(c1ccco1)N(Cc1cccc(F)c1)c1ccccn1. The lowest BCUT2D eigenvalue weighted by Crippen LogP contribution is -2.30. The molecule has 0 spiro atoms. The van der Waals surface area contributed by atoms with Gasteiger partial charge in [-0.25, -0.2) is 9.37 Å². The Morgan fingerprint density at radius 2 is 2.05 bits per heavy atom. The molecule has 0 radical (unpaired) electrons. The minimum atomic E-state index is -0.344. The number of carbonyl (C=O) groups excluding carboxylic acids is 1. The Hall–Kier alpha value is -2.95. The summed E-state index contributed by atoms with van der Waals surface area (Å²) in [5.74, 6) is 0.0205. The maximum absolute atomic E-state index is 13.4. The summed E-state index contributed by atoms with van der Waals surface area (Å²) in [6.45, 7) is 0.203. The van der Waals surface area contributed by atoms with E-state index in [1.165, 1.54) is 23.3 Å². The first kappa shape index (κ1) is 14.0. The minimum Gasteiger partial charge on any atom is -0.459 e. The second-order valence-corrected chi connectivity index (χ2v) is 4.69. The van der Waals surface area contributed by atoms with Gasteiger partial charge in [0.1, 0.15) is 11.6 Å². The molecule has 0 fully saturated rings. The summed E-state index contributed by atoms with van der Waals surface area (Å²) in [7, 11) is 0. The van der Waals surface area contributed by atoms with Gasteiger partial charge in [0.2, 0.25) is 0 Å². The van der Waals surface area contributed by atoms with E-state index in [1.54, 1.807) is 48.7 Å². The van der Waals surface area contributed by atoms with Crippen LogP contribution in [0.15, 0.2) is 71.5 Å². The van der Waals surface area contributed by atoms with E-state index < -0.39 is 0 Å². The molecule has 4 nitrogen and oxygen atoms in total. The third kappa shape index (κ3) is 3.03. The number of furan rings is 1. The fourth-order valence-corrected chi connectivity index (χ4v) is 2.12. The van der Waals surface area contributed by atoms with Crippen LogP contribution in [0.2, 0.25) is 0 Å². The Bertz CT molecular complexity index is 757. The van der Waals surface area contributed by atoms with E-state index in [1.807, 2.05) is 0 Å². The first-order valence-corrected chi connectivity index (χ1v) is 6.75. The Morgan fingerprint density at radius 1 is 1.14 bits per heavy atom. The standard InChI is InChI=1S/C17H13FN2O2/c18-14-6-3-5-13(11-14)12-20(16-8-1-2-9-19-16)17(21)15-7-4-10-22-15/h1-11H,12H2. The van der Waals surface area contributed by atoms with Crippen molar-refractivity contribution in [3.8, 4) is 0 Å². The molecule has 0 aliphatic rings. The quantitative estimate of drug-likeness (QED) is 0.738. The van der Waals surface area contributed by atoms with Crippen molar-refractivity contribution in [1.29, 1.82) is 0 Å². The highest BCUT2D eigenvalue weighted by atomic mass is 19.1. The van der Waals surface area contributed by atoms with E-state index in [2.05, 4.69) is 4.98 Å². The zero-order chi connectivity index (χ0) is 15.4. The molecule has 3 rings (SSSR count). The van der Waals surface area contributed by atoms with Crippen LogP contribution in [0, 0.1) is 5.82 Å². The highest BCUT2D eigenvalue weighted by Gasteiger charge is 2.21. The summed E-state index contributed by atoms with van der Waals surface area (Å²) in [6, 6.07) is 14.6. The van der Waals surface area contributed by atoms with Crippen LogP contribution in [-0.4, -0.2) is 10.9 Å². The van der Waals surface area contributed by atoms with Gasteiger partial charge in [0.05, 0.1) is 12.8 Å². The van der Waals surface area contributed by atoms with E-state index >= 15 is 0 Å². The molecule has 0 saturated heterocycles. The van der Waals surface area contributed by atoms with Gasteiger partial charge >= 0.3 is 0 Å². The van der Waals surface area contributed by atoms with Gasteiger partial charge in [-0.1, -0.05) is 18.2 Å². The second-order valence-electron chi connectivity index (χ2n) is 4.69. The minimum absolute atomic E-state index is 0.203. The average Bonchev–Trinajstić information content (AvgIpc) is 3.07. The Kier molecular flexibility index (Phi) is 3.96. The van der Waals surface area contributed by atoms with Crippen molar-refractivity contribution in [2.75, 3.05) is 4.90 Å². The van der Waals surface area contributed by atoms with Gasteiger partial charge in [-0.05, 0) is 42.0 Å². The third-order valence-corrected chi connectivity index (χ3v) is 3.13. The second kappa shape index (κ2) is 6.22. The van der Waals surface area contributed by atoms with Crippen molar-refractivity contribution in [2.45, 2.75) is 6.54 Å². The Morgan fingerprint density at radius 3 is 2.73 bits per heavy atom. The lowest BCUT2D eigenvalue weighted by Gasteiger charge is -2.20. The van der Waals surface area contributed by atoms with Crippen LogP contribution in [0.3, 0.4) is 0 Å². The first-order valence-electron chi connectivity index (χ1n) is 6.75. The molecule has 2 aromatic heterocycles. The van der Waals surface area contributed by atoms with E-state index in [4.69, 9.17) is 4.42 Å². The van der Waals surface area contributed by atoms with Gasteiger partial charge in [0, 0.05) is 6.20 Å². The number of nitrogens with zero attached hydrogens (tertiary/aromatic N) is 2. The van der Waals surface area contributed by atoms with Crippen molar-refractivity contribution in [3.63, 3.8) is 0 Å². The lowest BCUT2D eigenvalue weighted by molar-refractivity contribution is 0.0957. The number of carbonyl (C=O) groups is 1. The van der Waals surface area contributed by atoms with Crippen LogP contribution in [0.4, 0.5) is 10.2 Å². The predicted octanol–water partition coefficient (Wildman–Crippen LogP) is 3.66. The molecule has 0 atom stereocenters. The molecule has 0 aliphatic heterocycles. The van der Waals surface area contributed by atoms with Crippen molar-refractivity contribution < 1.29 is 13.6 Å². The monoisotopic (exact) mass is 296 g/mol. The number of rotatable bonds is 4. The number of halogens is 1. The molecule has 2 heterocycles. The first-order chi connectivity index (χ1) is 10.7. The van der Waals surface area contributed by atoms with E-state index in [9.17, 15) is 9.18 Å². The zero-order valence-electron chi connectivity index (χ0n) is 11.6. The molecule has 1 aromatic carbocycles. The molecule has 110 valence electrons. The summed E-state index contributed by atoms with van der Waals surface area (Å²) in [5.41, 5.74) is 0.672. The number of pyridine rings is 1. The van der Waals surface area contributed by atoms with Crippen molar-refractivity contribution in [3.05, 3.63) is 84.2 Å². The maximum Gasteiger partial charge on any atom is 0.295 e. The smallest absolute Gasteiger partial charge is 0.295 e. The lowest BCUT2D eigenvalue weighted by atomic mass is 10.2. The molecule has 0 bridgehead atoms. The molecule has 3 aromatic rings. The molecular weight excluding hydrogens is 283 g/mol. The van der Waals surface area contributed by atoms with E-state index in [-0.39, 0.29) is 24.0 Å². The fraction of sp³-hybridized carbons (Fsp3) is 0.0588. The van der Waals surface area contributed by atoms with Gasteiger partial charge < -0.3 is 4.42 Å². The largest absolute Gasteiger partial charge is 0.459 e. The zero-order valence-corrected chi connectivity index (χ0v) is 11.6. The normalized spacial score (nSPS) is 10.4. The summed E-state index contributed by atoms with van der Waals surface area (Å²) in [6.07, 6.45) is 3.04.